The van der Waals surface area contributed by atoms with Gasteiger partial charge in [-0.3, -0.25) is 4.79 Å². The second-order valence-electron chi connectivity index (χ2n) is 6.34. The van der Waals surface area contributed by atoms with E-state index in [1.807, 2.05) is 6.92 Å². The first-order chi connectivity index (χ1) is 11.3. The zero-order valence-electron chi connectivity index (χ0n) is 13.8. The van der Waals surface area contributed by atoms with E-state index in [0.29, 0.717) is 26.1 Å². The summed E-state index contributed by atoms with van der Waals surface area (Å²) in [6.45, 7) is 3.64. The Morgan fingerprint density at radius 1 is 1.25 bits per heavy atom. The van der Waals surface area contributed by atoms with Crippen LogP contribution < -0.4 is 5.32 Å². The highest BCUT2D eigenvalue weighted by Gasteiger charge is 2.32. The van der Waals surface area contributed by atoms with E-state index >= 15 is 0 Å². The van der Waals surface area contributed by atoms with Gasteiger partial charge in [0.2, 0.25) is 10.0 Å². The van der Waals surface area contributed by atoms with Crippen molar-refractivity contribution in [2.24, 2.45) is 11.8 Å². The molecule has 2 saturated heterocycles. The lowest BCUT2D eigenvalue weighted by molar-refractivity contribution is -0.143. The monoisotopic (exact) mass is 379 g/mol. The van der Waals surface area contributed by atoms with Crippen molar-refractivity contribution < 1.29 is 23.1 Å². The number of urea groups is 1. The van der Waals surface area contributed by atoms with Crippen molar-refractivity contribution in [3.05, 3.63) is 0 Å². The first kappa shape index (κ1) is 19.3. The smallest absolute Gasteiger partial charge is 0.317 e. The maximum atomic E-state index is 12.2. The Hall–Kier alpha value is -1.00. The molecule has 2 aliphatic rings. The molecule has 0 radical (unpaired) electrons. The molecule has 0 aromatic carbocycles. The normalized spacial score (nSPS) is 26.1. The van der Waals surface area contributed by atoms with Crippen LogP contribution in [0.2, 0.25) is 0 Å². The molecule has 0 aliphatic carbocycles. The van der Waals surface area contributed by atoms with Crippen molar-refractivity contribution >= 4 is 33.8 Å². The minimum Gasteiger partial charge on any atom is -0.481 e. The number of aliphatic carboxylic acids is 1. The van der Waals surface area contributed by atoms with Gasteiger partial charge in [-0.15, -0.1) is 0 Å². The van der Waals surface area contributed by atoms with Crippen molar-refractivity contribution in [1.29, 1.82) is 0 Å². The number of piperidine rings is 1. The molecule has 2 amide bonds. The molecule has 0 aromatic rings. The number of sulfonamides is 1. The van der Waals surface area contributed by atoms with Crippen LogP contribution in [-0.2, 0) is 14.8 Å². The van der Waals surface area contributed by atoms with E-state index in [4.69, 9.17) is 5.11 Å². The lowest BCUT2D eigenvalue weighted by atomic mass is 9.91. The van der Waals surface area contributed by atoms with Gasteiger partial charge in [-0.05, 0) is 12.3 Å². The lowest BCUT2D eigenvalue weighted by Gasteiger charge is -2.34. The lowest BCUT2D eigenvalue weighted by Crippen LogP contribution is -2.50. The fraction of sp³-hybridized carbons (Fsp3) is 0.857. The largest absolute Gasteiger partial charge is 0.481 e. The molecular formula is C14H25N3O5S2. The Morgan fingerprint density at radius 3 is 2.54 bits per heavy atom. The molecule has 2 aliphatic heterocycles. The average Bonchev–Trinajstić information content (AvgIpc) is 2.54. The number of carboxylic acid groups (broad SMARTS) is 1. The van der Waals surface area contributed by atoms with Gasteiger partial charge in [-0.2, -0.15) is 11.8 Å². The summed E-state index contributed by atoms with van der Waals surface area (Å²) < 4.78 is 25.9. The van der Waals surface area contributed by atoms with E-state index in [1.54, 1.807) is 11.8 Å². The standard InChI is InChI=1S/C14H25N3O5S2/c1-11-8-12(13(18)19)10-16(9-11)14(20)15-2-7-24(21,22)17-3-5-23-6-4-17/h11-12H,2-10H2,1H3,(H,15,20)(H,18,19). The number of carbonyl (C=O) groups excluding carboxylic acids is 1. The van der Waals surface area contributed by atoms with Crippen molar-refractivity contribution in [2.75, 3.05) is 50.0 Å². The molecule has 2 unspecified atom stereocenters. The van der Waals surface area contributed by atoms with Crippen LogP contribution in [-0.4, -0.2) is 84.7 Å². The fourth-order valence-corrected chi connectivity index (χ4v) is 5.54. The average molecular weight is 380 g/mol. The topological polar surface area (TPSA) is 107 Å². The van der Waals surface area contributed by atoms with E-state index in [0.717, 1.165) is 11.5 Å². The summed E-state index contributed by atoms with van der Waals surface area (Å²) in [6.07, 6.45) is 0.556. The van der Waals surface area contributed by atoms with Crippen molar-refractivity contribution in [3.8, 4) is 0 Å². The van der Waals surface area contributed by atoms with Gasteiger partial charge in [0.1, 0.15) is 0 Å². The molecule has 2 atom stereocenters. The number of hydrogen-bond donors (Lipinski definition) is 2. The number of likely N-dealkylation sites (tertiary alicyclic amines) is 1. The van der Waals surface area contributed by atoms with Gasteiger partial charge in [-0.25, -0.2) is 17.5 Å². The van der Waals surface area contributed by atoms with E-state index in [-0.39, 0.29) is 24.8 Å². The number of rotatable bonds is 5. The Morgan fingerprint density at radius 2 is 1.92 bits per heavy atom. The molecule has 0 saturated carbocycles. The molecule has 2 N–H and O–H groups in total. The molecule has 8 nitrogen and oxygen atoms in total. The van der Waals surface area contributed by atoms with E-state index in [1.165, 1.54) is 9.21 Å². The summed E-state index contributed by atoms with van der Waals surface area (Å²) >= 11 is 1.73. The number of carboxylic acids is 1. The maximum Gasteiger partial charge on any atom is 0.317 e. The van der Waals surface area contributed by atoms with Gasteiger partial charge >= 0.3 is 12.0 Å². The zero-order chi connectivity index (χ0) is 17.7. The zero-order valence-corrected chi connectivity index (χ0v) is 15.4. The first-order valence-corrected chi connectivity index (χ1v) is 10.9. The molecule has 138 valence electrons. The number of carbonyl (C=O) groups is 2. The number of nitrogens with zero attached hydrogens (tertiary/aromatic N) is 2. The second kappa shape index (κ2) is 8.39. The van der Waals surface area contributed by atoms with Gasteiger partial charge in [-0.1, -0.05) is 6.92 Å². The number of nitrogens with one attached hydrogen (secondary N) is 1. The highest BCUT2D eigenvalue weighted by molar-refractivity contribution is 7.99. The Balaban J connectivity index is 1.81. The van der Waals surface area contributed by atoms with Crippen molar-refractivity contribution in [2.45, 2.75) is 13.3 Å². The predicted octanol–water partition coefficient (Wildman–Crippen LogP) is 0.117. The molecule has 2 heterocycles. The minimum atomic E-state index is -3.35. The van der Waals surface area contributed by atoms with Gasteiger partial charge in [0, 0.05) is 44.2 Å². The SMILES string of the molecule is CC1CC(C(=O)O)CN(C(=O)NCCS(=O)(=O)N2CCSCC2)C1. The van der Waals surface area contributed by atoms with Crippen LogP contribution >= 0.6 is 11.8 Å². The molecule has 24 heavy (non-hydrogen) atoms. The quantitative estimate of drug-likeness (QED) is 0.702. The van der Waals surface area contributed by atoms with Crippen molar-refractivity contribution in [3.63, 3.8) is 0 Å². The minimum absolute atomic E-state index is 0.0351. The summed E-state index contributed by atoms with van der Waals surface area (Å²) in [5.74, 6) is 0.121. The highest BCUT2D eigenvalue weighted by Crippen LogP contribution is 2.21. The van der Waals surface area contributed by atoms with Crippen LogP contribution in [0.1, 0.15) is 13.3 Å². The van der Waals surface area contributed by atoms with Crippen LogP contribution in [0.5, 0.6) is 0 Å². The van der Waals surface area contributed by atoms with Gasteiger partial charge in [0.05, 0.1) is 11.7 Å². The summed E-state index contributed by atoms with van der Waals surface area (Å²) in [6, 6.07) is -0.391. The molecule has 0 aromatic heterocycles. The summed E-state index contributed by atoms with van der Waals surface area (Å²) in [5.41, 5.74) is 0. The van der Waals surface area contributed by atoms with Crippen LogP contribution in [0.15, 0.2) is 0 Å². The molecule has 0 bridgehead atoms. The molecule has 10 heteroatoms. The van der Waals surface area contributed by atoms with E-state index < -0.39 is 27.9 Å². The van der Waals surface area contributed by atoms with Crippen LogP contribution in [0, 0.1) is 11.8 Å². The Bertz CT molecular complexity index is 563. The van der Waals surface area contributed by atoms with Crippen LogP contribution in [0.25, 0.3) is 0 Å². The molecule has 2 rings (SSSR count). The Labute approximate surface area is 147 Å². The third-order valence-corrected chi connectivity index (χ3v) is 7.11. The Kier molecular flexibility index (Phi) is 6.76. The van der Waals surface area contributed by atoms with Gasteiger partial charge in [0.25, 0.3) is 0 Å². The van der Waals surface area contributed by atoms with Crippen molar-refractivity contribution in [1.82, 2.24) is 14.5 Å². The molecule has 2 fully saturated rings. The van der Waals surface area contributed by atoms with E-state index in [2.05, 4.69) is 5.32 Å². The third kappa shape index (κ3) is 5.25. The molecular weight excluding hydrogens is 354 g/mol. The number of amides is 2. The van der Waals surface area contributed by atoms with Gasteiger partial charge < -0.3 is 15.3 Å². The summed E-state index contributed by atoms with van der Waals surface area (Å²) in [5, 5.41) is 11.7. The first-order valence-electron chi connectivity index (χ1n) is 8.10. The predicted molar refractivity (Wildman–Crippen MR) is 92.6 cm³/mol. The number of hydrogen-bond acceptors (Lipinski definition) is 5. The summed E-state index contributed by atoms with van der Waals surface area (Å²) in [7, 11) is -3.35. The molecule has 0 spiro atoms. The number of thioether (sulfide) groups is 1. The highest BCUT2D eigenvalue weighted by atomic mass is 32.2. The van der Waals surface area contributed by atoms with E-state index in [9.17, 15) is 18.0 Å². The van der Waals surface area contributed by atoms with Crippen LogP contribution in [0.3, 0.4) is 0 Å². The summed E-state index contributed by atoms with van der Waals surface area (Å²) in [4.78, 5) is 24.8. The second-order valence-corrected chi connectivity index (χ2v) is 9.65. The van der Waals surface area contributed by atoms with Crippen LogP contribution in [0.4, 0.5) is 4.79 Å². The third-order valence-electron chi connectivity index (χ3n) is 4.30. The van der Waals surface area contributed by atoms with Gasteiger partial charge in [0.15, 0.2) is 0 Å². The fourth-order valence-electron chi connectivity index (χ4n) is 3.05. The maximum absolute atomic E-state index is 12.2.